The molecule has 0 bridgehead atoms. The molecule has 2 unspecified atom stereocenters. The van der Waals surface area contributed by atoms with Gasteiger partial charge in [-0.2, -0.15) is 0 Å². The van der Waals surface area contributed by atoms with Crippen LogP contribution in [-0.4, -0.2) is 45.8 Å². The number of carbonyl (C=O) groups is 1. The first kappa shape index (κ1) is 28.0. The molecule has 2 atom stereocenters. The summed E-state index contributed by atoms with van der Waals surface area (Å²) in [6, 6.07) is 24.1. The van der Waals surface area contributed by atoms with Crippen molar-refractivity contribution in [1.29, 1.82) is 0 Å². The van der Waals surface area contributed by atoms with Crippen LogP contribution in [0.1, 0.15) is 73.7 Å². The molecule has 0 amide bonds. The van der Waals surface area contributed by atoms with E-state index in [0.717, 1.165) is 23.2 Å². The predicted octanol–water partition coefficient (Wildman–Crippen LogP) is 5.20. The van der Waals surface area contributed by atoms with Crippen molar-refractivity contribution in [1.82, 2.24) is 10.2 Å². The number of hydrogen-bond donors (Lipinski definition) is 3. The third-order valence-electron chi connectivity index (χ3n) is 7.41. The largest absolute Gasteiger partial charge is 0.423 e. The number of hydrogen-bond acceptors (Lipinski definition) is 6. The number of rotatable bonds is 8. The molecule has 0 aliphatic carbocycles. The van der Waals surface area contributed by atoms with Crippen LogP contribution in [0.2, 0.25) is 0 Å². The highest BCUT2D eigenvalue weighted by Crippen LogP contribution is 2.35. The van der Waals surface area contributed by atoms with Crippen molar-refractivity contribution < 1.29 is 19.7 Å². The Morgan fingerprint density at radius 1 is 0.974 bits per heavy atom. The van der Waals surface area contributed by atoms with E-state index in [-0.39, 0.29) is 11.6 Å². The van der Waals surface area contributed by atoms with E-state index >= 15 is 0 Å². The lowest BCUT2D eigenvalue weighted by atomic mass is 9.83. The highest BCUT2D eigenvalue weighted by molar-refractivity contribution is 5.91. The molecule has 0 spiro atoms. The van der Waals surface area contributed by atoms with Gasteiger partial charge in [-0.05, 0) is 81.5 Å². The molecule has 6 heteroatoms. The third kappa shape index (κ3) is 7.08. The van der Waals surface area contributed by atoms with Gasteiger partial charge in [0.25, 0.3) is 0 Å². The van der Waals surface area contributed by atoms with Gasteiger partial charge < -0.3 is 20.3 Å². The second kappa shape index (κ2) is 11.8. The number of nitrogens with one attached hydrogen (secondary N) is 1. The minimum absolute atomic E-state index is 0.0244. The fourth-order valence-corrected chi connectivity index (χ4v) is 4.84. The van der Waals surface area contributed by atoms with Gasteiger partial charge in [0.2, 0.25) is 0 Å². The second-order valence-electron chi connectivity index (χ2n) is 11.4. The van der Waals surface area contributed by atoms with Crippen molar-refractivity contribution in [2.24, 2.45) is 0 Å². The van der Waals surface area contributed by atoms with Gasteiger partial charge in [0.05, 0.1) is 17.3 Å². The first-order valence-electron chi connectivity index (χ1n) is 13.4. The molecule has 1 aliphatic rings. The lowest BCUT2D eigenvalue weighted by Crippen LogP contribution is -2.47. The molecule has 3 N–H and O–H groups in total. The van der Waals surface area contributed by atoms with Crippen molar-refractivity contribution in [3.63, 3.8) is 0 Å². The van der Waals surface area contributed by atoms with Crippen LogP contribution < -0.4 is 10.1 Å². The minimum atomic E-state index is -0.822. The van der Waals surface area contributed by atoms with Gasteiger partial charge in [-0.15, -0.1) is 0 Å². The molecular weight excluding hydrogens is 476 g/mol. The average Bonchev–Trinajstić information content (AvgIpc) is 2.92. The highest BCUT2D eigenvalue weighted by Gasteiger charge is 2.36. The van der Waals surface area contributed by atoms with Gasteiger partial charge in [0.15, 0.2) is 0 Å². The highest BCUT2D eigenvalue weighted by atomic mass is 16.5. The van der Waals surface area contributed by atoms with E-state index in [2.05, 4.69) is 31.0 Å². The van der Waals surface area contributed by atoms with Crippen LogP contribution in [0.25, 0.3) is 0 Å². The molecule has 4 rings (SSSR count). The first-order chi connectivity index (χ1) is 18.0. The summed E-state index contributed by atoms with van der Waals surface area (Å²) in [5.74, 6) is 0.0178. The molecule has 6 nitrogen and oxygen atoms in total. The Labute approximate surface area is 226 Å². The summed E-state index contributed by atoms with van der Waals surface area (Å²) in [7, 11) is 0. The monoisotopic (exact) mass is 516 g/mol. The molecular formula is C32H40N2O4. The number of piperidine rings is 1. The van der Waals surface area contributed by atoms with Crippen molar-refractivity contribution in [3.8, 4) is 5.75 Å². The summed E-state index contributed by atoms with van der Waals surface area (Å²) in [6.45, 7) is 10.5. The van der Waals surface area contributed by atoms with Crippen molar-refractivity contribution >= 4 is 5.97 Å². The smallest absolute Gasteiger partial charge is 0.343 e. The maximum absolute atomic E-state index is 12.6. The number of benzene rings is 3. The number of ether oxygens (including phenoxy) is 1. The SMILES string of the molecule is CC(C(O)c1ccc(OC(=O)c2ccc(CNC(C)(C)C)cc2)cc1)N1CCC(O)(c2ccccc2)CC1. The number of esters is 1. The second-order valence-corrected chi connectivity index (χ2v) is 11.4. The van der Waals surface area contributed by atoms with Gasteiger partial charge in [-0.1, -0.05) is 54.6 Å². The fraction of sp³-hybridized carbons (Fsp3) is 0.406. The molecule has 3 aromatic rings. The van der Waals surface area contributed by atoms with Crippen LogP contribution in [0.3, 0.4) is 0 Å². The van der Waals surface area contributed by atoms with Crippen LogP contribution in [0.15, 0.2) is 78.9 Å². The van der Waals surface area contributed by atoms with Crippen LogP contribution in [0, 0.1) is 0 Å². The maximum atomic E-state index is 12.6. The molecule has 38 heavy (non-hydrogen) atoms. The number of carbonyl (C=O) groups excluding carboxylic acids is 1. The molecule has 0 saturated carbocycles. The molecule has 3 aromatic carbocycles. The Hall–Kier alpha value is -3.03. The van der Waals surface area contributed by atoms with Crippen LogP contribution in [0.5, 0.6) is 5.75 Å². The third-order valence-corrected chi connectivity index (χ3v) is 7.41. The first-order valence-corrected chi connectivity index (χ1v) is 13.4. The zero-order valence-electron chi connectivity index (χ0n) is 22.9. The predicted molar refractivity (Wildman–Crippen MR) is 150 cm³/mol. The average molecular weight is 517 g/mol. The van der Waals surface area contributed by atoms with E-state index in [1.54, 1.807) is 36.4 Å². The van der Waals surface area contributed by atoms with Gasteiger partial charge in [0.1, 0.15) is 5.75 Å². The summed E-state index contributed by atoms with van der Waals surface area (Å²) in [5.41, 5.74) is 2.50. The lowest BCUT2D eigenvalue weighted by molar-refractivity contribution is -0.0501. The number of nitrogens with zero attached hydrogens (tertiary/aromatic N) is 1. The Kier molecular flexibility index (Phi) is 8.68. The molecule has 1 heterocycles. The van der Waals surface area contributed by atoms with Crippen molar-refractivity contribution in [2.75, 3.05) is 13.1 Å². The van der Waals surface area contributed by atoms with E-state index in [9.17, 15) is 15.0 Å². The van der Waals surface area contributed by atoms with Gasteiger partial charge in [-0.3, -0.25) is 4.90 Å². The van der Waals surface area contributed by atoms with Crippen LogP contribution >= 0.6 is 0 Å². The van der Waals surface area contributed by atoms with E-state index in [1.807, 2.05) is 49.4 Å². The van der Waals surface area contributed by atoms with Crippen molar-refractivity contribution in [2.45, 2.75) is 70.4 Å². The Morgan fingerprint density at radius 3 is 2.16 bits per heavy atom. The summed E-state index contributed by atoms with van der Waals surface area (Å²) in [5, 5.41) is 25.6. The van der Waals surface area contributed by atoms with E-state index < -0.39 is 17.7 Å². The number of aliphatic hydroxyl groups is 2. The van der Waals surface area contributed by atoms with Crippen molar-refractivity contribution in [3.05, 3.63) is 101 Å². The molecule has 1 fully saturated rings. The van der Waals surface area contributed by atoms with E-state index in [4.69, 9.17) is 4.74 Å². The molecule has 202 valence electrons. The Bertz CT molecular complexity index is 1180. The van der Waals surface area contributed by atoms with Gasteiger partial charge in [-0.25, -0.2) is 4.79 Å². The molecule has 0 aromatic heterocycles. The summed E-state index contributed by atoms with van der Waals surface area (Å²) in [6.07, 6.45) is 0.547. The number of aliphatic hydroxyl groups excluding tert-OH is 1. The zero-order valence-corrected chi connectivity index (χ0v) is 22.9. The van der Waals surface area contributed by atoms with Gasteiger partial charge >= 0.3 is 5.97 Å². The van der Waals surface area contributed by atoms with Gasteiger partial charge in [0, 0.05) is 31.2 Å². The molecule has 1 saturated heterocycles. The Balaban J connectivity index is 1.30. The fourth-order valence-electron chi connectivity index (χ4n) is 4.84. The normalized spacial score (nSPS) is 17.5. The van der Waals surface area contributed by atoms with E-state index in [0.29, 0.717) is 37.2 Å². The summed E-state index contributed by atoms with van der Waals surface area (Å²) in [4.78, 5) is 14.8. The topological polar surface area (TPSA) is 82.0 Å². The Morgan fingerprint density at radius 2 is 1.58 bits per heavy atom. The lowest BCUT2D eigenvalue weighted by Gasteiger charge is -2.42. The summed E-state index contributed by atoms with van der Waals surface area (Å²) >= 11 is 0. The minimum Gasteiger partial charge on any atom is -0.423 e. The summed E-state index contributed by atoms with van der Waals surface area (Å²) < 4.78 is 5.56. The van der Waals surface area contributed by atoms with Crippen LogP contribution in [0.4, 0.5) is 0 Å². The van der Waals surface area contributed by atoms with Crippen LogP contribution in [-0.2, 0) is 12.1 Å². The maximum Gasteiger partial charge on any atom is 0.343 e. The molecule has 1 aliphatic heterocycles. The number of likely N-dealkylation sites (tertiary alicyclic amines) is 1. The quantitative estimate of drug-likeness (QED) is 0.282. The standard InChI is InChI=1S/C32H40N2O4/c1-23(34-20-18-32(37,19-21-34)27-8-6-5-7-9-27)29(35)25-14-16-28(17-15-25)38-30(36)26-12-10-24(11-13-26)22-33-31(2,3)4/h5-17,23,29,33,35,37H,18-22H2,1-4H3. The molecule has 0 radical (unpaired) electrons. The zero-order chi connectivity index (χ0) is 27.3. The van der Waals surface area contributed by atoms with E-state index in [1.165, 1.54) is 0 Å².